The lowest BCUT2D eigenvalue weighted by Crippen LogP contribution is -2.42. The van der Waals surface area contributed by atoms with Crippen LogP contribution >= 0.6 is 11.3 Å². The number of rotatable bonds is 7. The maximum atomic E-state index is 12.3. The van der Waals surface area contributed by atoms with E-state index < -0.39 is 12.0 Å². The second-order valence-corrected chi connectivity index (χ2v) is 7.95. The first kappa shape index (κ1) is 20.1. The lowest BCUT2D eigenvalue weighted by atomic mass is 10.0. The van der Waals surface area contributed by atoms with Gasteiger partial charge in [0.1, 0.15) is 16.7 Å². The van der Waals surface area contributed by atoms with Crippen molar-refractivity contribution in [1.82, 2.24) is 15.3 Å². The Labute approximate surface area is 156 Å². The van der Waals surface area contributed by atoms with Gasteiger partial charge in [-0.05, 0) is 31.7 Å². The van der Waals surface area contributed by atoms with E-state index >= 15 is 0 Å². The van der Waals surface area contributed by atoms with E-state index in [0.29, 0.717) is 28.9 Å². The molecule has 0 spiro atoms. The summed E-state index contributed by atoms with van der Waals surface area (Å²) in [6.45, 7) is 7.80. The molecule has 2 rings (SSSR count). The number of aryl methyl sites for hydroxylation is 3. The number of nitrogens with one attached hydrogen (secondary N) is 2. The molecule has 1 unspecified atom stereocenters. The summed E-state index contributed by atoms with van der Waals surface area (Å²) in [6, 6.07) is -0.662. The molecule has 0 aliphatic rings. The van der Waals surface area contributed by atoms with Crippen molar-refractivity contribution >= 4 is 33.4 Å². The van der Waals surface area contributed by atoms with Gasteiger partial charge in [0, 0.05) is 17.7 Å². The number of carbonyl (C=O) groups excluding carboxylic acids is 2. The Balaban J connectivity index is 2.05. The second kappa shape index (κ2) is 8.44. The fourth-order valence-corrected chi connectivity index (χ4v) is 3.79. The molecule has 142 valence electrons. The summed E-state index contributed by atoms with van der Waals surface area (Å²) < 4.78 is 4.74. The maximum absolute atomic E-state index is 12.3. The minimum Gasteiger partial charge on any atom is -0.467 e. The molecule has 2 heterocycles. The van der Waals surface area contributed by atoms with E-state index in [4.69, 9.17) is 4.74 Å². The van der Waals surface area contributed by atoms with Crippen molar-refractivity contribution in [2.24, 2.45) is 5.92 Å². The van der Waals surface area contributed by atoms with E-state index in [1.165, 1.54) is 18.4 Å². The molecule has 2 aromatic rings. The van der Waals surface area contributed by atoms with Gasteiger partial charge < -0.3 is 15.0 Å². The van der Waals surface area contributed by atoms with Gasteiger partial charge in [0.15, 0.2) is 0 Å². The van der Waals surface area contributed by atoms with Gasteiger partial charge in [-0.15, -0.1) is 11.3 Å². The third-order valence-electron chi connectivity index (χ3n) is 4.21. The fourth-order valence-electron chi connectivity index (χ4n) is 2.74. The average molecular weight is 379 g/mol. The molecule has 0 aliphatic heterocycles. The van der Waals surface area contributed by atoms with Crippen LogP contribution in [0.4, 0.5) is 0 Å². The van der Waals surface area contributed by atoms with Crippen molar-refractivity contribution in [1.29, 1.82) is 0 Å². The van der Waals surface area contributed by atoms with Crippen LogP contribution in [0.1, 0.15) is 43.0 Å². The Morgan fingerprint density at radius 1 is 1.31 bits per heavy atom. The first-order chi connectivity index (χ1) is 12.2. The minimum atomic E-state index is -0.662. The minimum absolute atomic E-state index is 0.128. The van der Waals surface area contributed by atoms with Crippen LogP contribution in [0, 0.1) is 19.8 Å². The number of hydrogen-bond acceptors (Lipinski definition) is 6. The van der Waals surface area contributed by atoms with Gasteiger partial charge in [0.05, 0.1) is 12.5 Å². The molecule has 1 amide bonds. The van der Waals surface area contributed by atoms with Gasteiger partial charge in [0.25, 0.3) is 5.56 Å². The number of aromatic nitrogens is 2. The zero-order chi connectivity index (χ0) is 19.4. The van der Waals surface area contributed by atoms with Gasteiger partial charge in [0.2, 0.25) is 5.91 Å². The molecule has 0 aromatic carbocycles. The van der Waals surface area contributed by atoms with Crippen molar-refractivity contribution in [3.05, 3.63) is 26.6 Å². The van der Waals surface area contributed by atoms with Crippen LogP contribution in [0.5, 0.6) is 0 Å². The van der Waals surface area contributed by atoms with Crippen molar-refractivity contribution in [3.8, 4) is 0 Å². The number of thiophene rings is 1. The smallest absolute Gasteiger partial charge is 0.328 e. The highest BCUT2D eigenvalue weighted by Gasteiger charge is 2.22. The summed E-state index contributed by atoms with van der Waals surface area (Å²) in [5.74, 6) is -0.0191. The predicted octanol–water partition coefficient (Wildman–Crippen LogP) is 2.24. The number of esters is 1. The maximum Gasteiger partial charge on any atom is 0.328 e. The van der Waals surface area contributed by atoms with Crippen molar-refractivity contribution in [3.63, 3.8) is 0 Å². The largest absolute Gasteiger partial charge is 0.467 e. The Hall–Kier alpha value is -2.22. The van der Waals surface area contributed by atoms with Gasteiger partial charge in [-0.2, -0.15) is 0 Å². The van der Waals surface area contributed by atoms with E-state index in [0.717, 1.165) is 10.4 Å². The summed E-state index contributed by atoms with van der Waals surface area (Å²) in [6.07, 6.45) is 0.930. The van der Waals surface area contributed by atoms with Gasteiger partial charge in [-0.25, -0.2) is 9.78 Å². The fraction of sp³-hybridized carbons (Fsp3) is 0.556. The number of fused-ring (bicyclic) bond motifs is 1. The highest BCUT2D eigenvalue weighted by atomic mass is 32.1. The van der Waals surface area contributed by atoms with Crippen LogP contribution in [-0.2, 0) is 20.7 Å². The number of hydrogen-bond donors (Lipinski definition) is 2. The third-order valence-corrected chi connectivity index (χ3v) is 5.31. The van der Waals surface area contributed by atoms with Crippen molar-refractivity contribution < 1.29 is 14.3 Å². The quantitative estimate of drug-likeness (QED) is 0.719. The lowest BCUT2D eigenvalue weighted by Gasteiger charge is -2.18. The number of amides is 1. The van der Waals surface area contributed by atoms with Crippen LogP contribution in [0.2, 0.25) is 0 Å². The van der Waals surface area contributed by atoms with Gasteiger partial charge in [-0.3, -0.25) is 9.59 Å². The zero-order valence-corrected chi connectivity index (χ0v) is 16.6. The standard InChI is InChI=1S/C18H25N3O4S/c1-9(2)8-12(18(24)25-5)19-14(22)7-6-13-20-16(23)15-10(3)11(4)26-17(15)21-13/h9,12H,6-8H2,1-5H3,(H,19,22)(H,20,21,23). The van der Waals surface area contributed by atoms with Crippen LogP contribution < -0.4 is 10.9 Å². The molecular weight excluding hydrogens is 354 g/mol. The third kappa shape index (κ3) is 4.69. The molecule has 7 nitrogen and oxygen atoms in total. The molecule has 2 aromatic heterocycles. The number of nitrogens with zero attached hydrogens (tertiary/aromatic N) is 1. The molecule has 0 aliphatic carbocycles. The first-order valence-electron chi connectivity index (χ1n) is 8.59. The van der Waals surface area contributed by atoms with E-state index in [1.54, 1.807) is 0 Å². The average Bonchev–Trinajstić information content (AvgIpc) is 2.86. The molecule has 0 fully saturated rings. The Morgan fingerprint density at radius 2 is 2.00 bits per heavy atom. The number of H-pyrrole nitrogens is 1. The summed E-state index contributed by atoms with van der Waals surface area (Å²) in [4.78, 5) is 45.2. The molecule has 0 radical (unpaired) electrons. The second-order valence-electron chi connectivity index (χ2n) is 6.75. The SMILES string of the molecule is COC(=O)C(CC(C)C)NC(=O)CCc1nc2sc(C)c(C)c2c(=O)[nH]1. The Kier molecular flexibility index (Phi) is 6.52. The lowest BCUT2D eigenvalue weighted by molar-refractivity contribution is -0.145. The topological polar surface area (TPSA) is 101 Å². The summed E-state index contributed by atoms with van der Waals surface area (Å²) >= 11 is 1.47. The number of aromatic amines is 1. The molecule has 0 bridgehead atoms. The highest BCUT2D eigenvalue weighted by Crippen LogP contribution is 2.25. The summed E-state index contributed by atoms with van der Waals surface area (Å²) in [7, 11) is 1.30. The van der Waals surface area contributed by atoms with Crippen LogP contribution in [0.3, 0.4) is 0 Å². The monoisotopic (exact) mass is 379 g/mol. The van der Waals surface area contributed by atoms with Crippen molar-refractivity contribution in [2.45, 2.75) is 53.0 Å². The van der Waals surface area contributed by atoms with E-state index in [-0.39, 0.29) is 23.8 Å². The van der Waals surface area contributed by atoms with Crippen LogP contribution in [0.25, 0.3) is 10.2 Å². The molecule has 8 heteroatoms. The molecule has 26 heavy (non-hydrogen) atoms. The summed E-state index contributed by atoms with van der Waals surface area (Å²) in [5, 5.41) is 3.32. The van der Waals surface area contributed by atoms with Crippen LogP contribution in [-0.4, -0.2) is 35.0 Å². The van der Waals surface area contributed by atoms with E-state index in [2.05, 4.69) is 15.3 Å². The summed E-state index contributed by atoms with van der Waals surface area (Å²) in [5.41, 5.74) is 0.761. The normalized spacial score (nSPS) is 12.4. The number of ether oxygens (including phenoxy) is 1. The van der Waals surface area contributed by atoms with Crippen molar-refractivity contribution in [2.75, 3.05) is 7.11 Å². The molecule has 1 atom stereocenters. The zero-order valence-electron chi connectivity index (χ0n) is 15.8. The van der Waals surface area contributed by atoms with Crippen LogP contribution in [0.15, 0.2) is 4.79 Å². The van der Waals surface area contributed by atoms with E-state index in [9.17, 15) is 14.4 Å². The predicted molar refractivity (Wildman–Crippen MR) is 101 cm³/mol. The highest BCUT2D eigenvalue weighted by molar-refractivity contribution is 7.18. The molecule has 2 N–H and O–H groups in total. The Morgan fingerprint density at radius 3 is 2.62 bits per heavy atom. The molecule has 0 saturated heterocycles. The van der Waals surface area contributed by atoms with E-state index in [1.807, 2.05) is 27.7 Å². The van der Waals surface area contributed by atoms with Gasteiger partial charge in [-0.1, -0.05) is 13.8 Å². The molecule has 0 saturated carbocycles. The number of carbonyl (C=O) groups is 2. The molecular formula is C18H25N3O4S. The Bertz CT molecular complexity index is 869. The van der Waals surface area contributed by atoms with Gasteiger partial charge >= 0.3 is 5.97 Å². The first-order valence-corrected chi connectivity index (χ1v) is 9.40. The number of methoxy groups -OCH3 is 1.